The highest BCUT2D eigenvalue weighted by Crippen LogP contribution is 2.33. The number of benzene rings is 1. The number of hydrogen-bond acceptors (Lipinski definition) is 6. The number of piperidine rings is 1. The summed E-state index contributed by atoms with van der Waals surface area (Å²) in [5, 5.41) is 12.2. The smallest absolute Gasteiger partial charge is 0.262 e. The lowest BCUT2D eigenvalue weighted by molar-refractivity contribution is 0.102. The third kappa shape index (κ3) is 5.03. The number of likely N-dealkylation sites (tertiary alicyclic amines) is 1. The van der Waals surface area contributed by atoms with Gasteiger partial charge in [-0.1, -0.05) is 23.8 Å². The molecule has 0 aliphatic carbocycles. The first-order chi connectivity index (χ1) is 19.0. The Labute approximate surface area is 225 Å². The summed E-state index contributed by atoms with van der Waals surface area (Å²) in [6, 6.07) is 16.8. The fourth-order valence-electron chi connectivity index (χ4n) is 5.17. The topological polar surface area (TPSA) is 93.2 Å². The van der Waals surface area contributed by atoms with Crippen molar-refractivity contribution >= 4 is 17.4 Å². The summed E-state index contributed by atoms with van der Waals surface area (Å²) in [5.41, 5.74) is 4.56. The van der Waals surface area contributed by atoms with E-state index in [2.05, 4.69) is 32.2 Å². The number of rotatable bonds is 6. The van der Waals surface area contributed by atoms with Gasteiger partial charge in [0.05, 0.1) is 23.3 Å². The summed E-state index contributed by atoms with van der Waals surface area (Å²) in [5.74, 6) is 0.0731. The molecule has 9 nitrogen and oxygen atoms in total. The van der Waals surface area contributed by atoms with Gasteiger partial charge in [-0.3, -0.25) is 9.69 Å². The Hall–Kier alpha value is -4.44. The van der Waals surface area contributed by atoms with Crippen molar-refractivity contribution in [2.24, 2.45) is 0 Å². The lowest BCUT2D eigenvalue weighted by atomic mass is 9.92. The van der Waals surface area contributed by atoms with Crippen molar-refractivity contribution in [1.29, 1.82) is 0 Å². The van der Waals surface area contributed by atoms with Gasteiger partial charge in [-0.05, 0) is 70.1 Å². The minimum absolute atomic E-state index is 0.0288. The molecule has 5 aromatic rings. The van der Waals surface area contributed by atoms with Gasteiger partial charge >= 0.3 is 0 Å². The molecule has 198 valence electrons. The highest BCUT2D eigenvalue weighted by atomic mass is 19.1. The van der Waals surface area contributed by atoms with Crippen molar-refractivity contribution < 1.29 is 9.18 Å². The van der Waals surface area contributed by atoms with Crippen molar-refractivity contribution in [3.8, 4) is 5.69 Å². The molecule has 1 amide bonds. The zero-order valence-electron chi connectivity index (χ0n) is 21.8. The van der Waals surface area contributed by atoms with Crippen LogP contribution in [0.4, 0.5) is 10.2 Å². The van der Waals surface area contributed by atoms with Crippen LogP contribution >= 0.6 is 0 Å². The van der Waals surface area contributed by atoms with E-state index in [1.54, 1.807) is 33.7 Å². The number of anilines is 1. The van der Waals surface area contributed by atoms with Crippen LogP contribution in [0.5, 0.6) is 0 Å². The number of carbonyl (C=O) groups is 1. The van der Waals surface area contributed by atoms with Crippen LogP contribution < -0.4 is 5.32 Å². The normalized spacial score (nSPS) is 15.5. The Morgan fingerprint density at radius 1 is 1.10 bits per heavy atom. The fourth-order valence-corrected chi connectivity index (χ4v) is 5.17. The van der Waals surface area contributed by atoms with Crippen LogP contribution in [0.2, 0.25) is 0 Å². The Morgan fingerprint density at radius 3 is 2.67 bits per heavy atom. The van der Waals surface area contributed by atoms with Crippen molar-refractivity contribution in [2.75, 3.05) is 18.4 Å². The Balaban J connectivity index is 1.24. The number of carbonyl (C=O) groups excluding carboxylic acids is 1. The Bertz CT molecular complexity index is 1620. The zero-order chi connectivity index (χ0) is 26.9. The number of aryl methyl sites for hydroxylation is 1. The summed E-state index contributed by atoms with van der Waals surface area (Å²) in [6.45, 7) is 5.79. The number of nitrogens with zero attached hydrogens (tertiary/aromatic N) is 7. The first-order valence-electron chi connectivity index (χ1n) is 13.1. The maximum Gasteiger partial charge on any atom is 0.262 e. The molecular formula is C29H29FN8O. The van der Waals surface area contributed by atoms with Crippen LogP contribution in [0.1, 0.15) is 59.0 Å². The van der Waals surface area contributed by atoms with E-state index in [9.17, 15) is 9.18 Å². The summed E-state index contributed by atoms with van der Waals surface area (Å²) < 4.78 is 17.0. The standard InChI is InChI=1S/C29H29FN8O/c1-19-7-9-22(10-8-19)38-27(34-29(39)23-18-32-37-14-4-13-31-28(23)37)17-25(35-38)21-11-15-36(16-12-21)20(2)24-5-3-6-26(30)33-24/h3-10,13-14,17-18,20-21H,11-12,15-16H2,1-2H3,(H,34,39). The van der Waals surface area contributed by atoms with E-state index in [1.165, 1.54) is 12.3 Å². The molecule has 1 unspecified atom stereocenters. The maximum atomic E-state index is 13.7. The number of amides is 1. The van der Waals surface area contributed by atoms with E-state index in [0.29, 0.717) is 17.0 Å². The average molecular weight is 525 g/mol. The predicted molar refractivity (Wildman–Crippen MR) is 145 cm³/mol. The third-order valence-corrected chi connectivity index (χ3v) is 7.43. The molecule has 39 heavy (non-hydrogen) atoms. The monoisotopic (exact) mass is 524 g/mol. The highest BCUT2D eigenvalue weighted by molar-refractivity contribution is 6.07. The SMILES string of the molecule is Cc1ccc(-n2nc(C3CCN(C(C)c4cccc(F)n4)CC3)cc2NC(=O)c2cnn3cccnc23)cc1. The molecule has 4 aromatic heterocycles. The van der Waals surface area contributed by atoms with Gasteiger partial charge in [-0.15, -0.1) is 0 Å². The molecule has 1 aliphatic heterocycles. The Kier molecular flexibility index (Phi) is 6.62. The summed E-state index contributed by atoms with van der Waals surface area (Å²) in [7, 11) is 0. The van der Waals surface area contributed by atoms with E-state index < -0.39 is 5.95 Å². The molecule has 6 rings (SSSR count). The van der Waals surface area contributed by atoms with Crippen molar-refractivity contribution in [3.05, 3.63) is 102 Å². The van der Waals surface area contributed by atoms with Crippen LogP contribution in [0.15, 0.2) is 73.2 Å². The Morgan fingerprint density at radius 2 is 1.90 bits per heavy atom. The van der Waals surface area contributed by atoms with Gasteiger partial charge in [0.1, 0.15) is 11.4 Å². The minimum Gasteiger partial charge on any atom is -0.306 e. The van der Waals surface area contributed by atoms with Gasteiger partial charge in [-0.2, -0.15) is 14.6 Å². The molecule has 1 atom stereocenters. The van der Waals surface area contributed by atoms with E-state index >= 15 is 0 Å². The van der Waals surface area contributed by atoms with E-state index in [0.717, 1.165) is 48.6 Å². The molecule has 1 fully saturated rings. The van der Waals surface area contributed by atoms with Crippen molar-refractivity contribution in [3.63, 3.8) is 0 Å². The minimum atomic E-state index is -0.453. The number of pyridine rings is 1. The number of fused-ring (bicyclic) bond motifs is 1. The quantitative estimate of drug-likeness (QED) is 0.316. The lowest BCUT2D eigenvalue weighted by Gasteiger charge is -2.35. The first kappa shape index (κ1) is 24.9. The van der Waals surface area contributed by atoms with Gasteiger partial charge in [0.25, 0.3) is 5.91 Å². The number of halogens is 1. The van der Waals surface area contributed by atoms with Crippen molar-refractivity contribution in [2.45, 2.75) is 38.6 Å². The summed E-state index contributed by atoms with van der Waals surface area (Å²) >= 11 is 0. The van der Waals surface area contributed by atoms with Crippen LogP contribution in [-0.4, -0.2) is 53.3 Å². The molecule has 0 radical (unpaired) electrons. The number of hydrogen-bond donors (Lipinski definition) is 1. The fraction of sp³-hybridized carbons (Fsp3) is 0.276. The van der Waals surface area contributed by atoms with E-state index in [4.69, 9.17) is 5.10 Å². The summed E-state index contributed by atoms with van der Waals surface area (Å²) in [4.78, 5) is 24.0. The van der Waals surface area contributed by atoms with Crippen LogP contribution in [0, 0.1) is 12.9 Å². The molecule has 0 bridgehead atoms. The molecule has 10 heteroatoms. The molecular weight excluding hydrogens is 495 g/mol. The van der Waals surface area contributed by atoms with E-state index in [1.807, 2.05) is 43.3 Å². The van der Waals surface area contributed by atoms with Gasteiger partial charge in [0.15, 0.2) is 5.65 Å². The third-order valence-electron chi connectivity index (χ3n) is 7.43. The molecule has 0 saturated carbocycles. The van der Waals surface area contributed by atoms with Gasteiger partial charge in [0.2, 0.25) is 5.95 Å². The second-order valence-corrected chi connectivity index (χ2v) is 9.97. The lowest BCUT2D eigenvalue weighted by Crippen LogP contribution is -2.35. The zero-order valence-corrected chi connectivity index (χ0v) is 21.8. The second-order valence-electron chi connectivity index (χ2n) is 9.97. The molecule has 1 aliphatic rings. The van der Waals surface area contributed by atoms with Crippen molar-refractivity contribution in [1.82, 2.24) is 34.3 Å². The summed E-state index contributed by atoms with van der Waals surface area (Å²) in [6.07, 6.45) is 6.72. The molecule has 1 N–H and O–H groups in total. The molecule has 0 spiro atoms. The van der Waals surface area contributed by atoms with E-state index in [-0.39, 0.29) is 17.9 Å². The second kappa shape index (κ2) is 10.4. The maximum absolute atomic E-state index is 13.7. The van der Waals surface area contributed by atoms with Crippen LogP contribution in [-0.2, 0) is 0 Å². The van der Waals surface area contributed by atoms with Gasteiger partial charge in [-0.25, -0.2) is 19.2 Å². The van der Waals surface area contributed by atoms with Gasteiger partial charge < -0.3 is 5.32 Å². The predicted octanol–water partition coefficient (Wildman–Crippen LogP) is 4.95. The first-order valence-corrected chi connectivity index (χ1v) is 13.1. The molecule has 5 heterocycles. The molecule has 1 aromatic carbocycles. The number of aromatic nitrogens is 6. The largest absolute Gasteiger partial charge is 0.306 e. The highest BCUT2D eigenvalue weighted by Gasteiger charge is 2.28. The van der Waals surface area contributed by atoms with Gasteiger partial charge in [0, 0.05) is 30.4 Å². The van der Waals surface area contributed by atoms with Crippen LogP contribution in [0.3, 0.4) is 0 Å². The van der Waals surface area contributed by atoms with Crippen LogP contribution in [0.25, 0.3) is 11.3 Å². The molecule has 1 saturated heterocycles. The number of nitrogens with one attached hydrogen (secondary N) is 1. The average Bonchev–Trinajstić information content (AvgIpc) is 3.58.